The predicted molar refractivity (Wildman–Crippen MR) is 31.0 cm³/mol. The summed E-state index contributed by atoms with van der Waals surface area (Å²) < 4.78 is 0. The second-order valence-corrected chi connectivity index (χ2v) is 2.61. The minimum Gasteiger partial charge on any atom is -0.300 e. The summed E-state index contributed by atoms with van der Waals surface area (Å²) in [7, 11) is 0. The summed E-state index contributed by atoms with van der Waals surface area (Å²) in [6.07, 6.45) is 1.46. The van der Waals surface area contributed by atoms with Crippen LogP contribution in [-0.4, -0.2) is 11.5 Å². The minimum atomic E-state index is 0.388. The molecular weight excluding hydrogens is 108 g/mol. The van der Waals surface area contributed by atoms with Gasteiger partial charge in [0.1, 0.15) is 5.78 Å². The van der Waals surface area contributed by atoms with Crippen molar-refractivity contribution in [1.82, 2.24) is 0 Å². The molecule has 0 atom stereocenters. The monoisotopic (exact) mass is 115 g/mol. The van der Waals surface area contributed by atoms with E-state index in [1.807, 2.05) is 5.75 Å². The summed E-state index contributed by atoms with van der Waals surface area (Å²) >= 11 is 1.75. The van der Waals surface area contributed by atoms with E-state index >= 15 is 0 Å². The Morgan fingerprint density at radius 2 is 2.57 bits per heavy atom. The van der Waals surface area contributed by atoms with E-state index in [2.05, 4.69) is 0 Å². The van der Waals surface area contributed by atoms with Gasteiger partial charge in [0.2, 0.25) is 0 Å². The van der Waals surface area contributed by atoms with Crippen molar-refractivity contribution in [2.45, 2.75) is 12.8 Å². The van der Waals surface area contributed by atoms with Crippen LogP contribution in [0.1, 0.15) is 12.8 Å². The second kappa shape index (κ2) is 2.36. The van der Waals surface area contributed by atoms with E-state index in [9.17, 15) is 4.79 Å². The van der Waals surface area contributed by atoms with Gasteiger partial charge in [-0.15, -0.1) is 0 Å². The van der Waals surface area contributed by atoms with Crippen molar-refractivity contribution in [3.05, 3.63) is 5.75 Å². The van der Waals surface area contributed by atoms with Gasteiger partial charge >= 0.3 is 0 Å². The fourth-order valence-electron chi connectivity index (χ4n) is 0.510. The summed E-state index contributed by atoms with van der Waals surface area (Å²) in [6.45, 7) is 0. The van der Waals surface area contributed by atoms with Crippen LogP contribution in [0.3, 0.4) is 0 Å². The molecule has 0 unspecified atom stereocenters. The number of Topliss-reactive ketones (excluding diaryl/α,β-unsaturated/α-hetero) is 1. The number of thioether (sulfide) groups is 1. The highest BCUT2D eigenvalue weighted by Crippen LogP contribution is 2.17. The number of ketones is 1. The Morgan fingerprint density at radius 1 is 1.71 bits per heavy atom. The first-order valence-corrected chi connectivity index (χ1v) is 3.39. The molecule has 0 N–H and O–H groups in total. The van der Waals surface area contributed by atoms with Gasteiger partial charge in [-0.3, -0.25) is 4.79 Å². The molecule has 0 aromatic carbocycles. The molecule has 1 saturated heterocycles. The lowest BCUT2D eigenvalue weighted by molar-refractivity contribution is -0.118. The minimum absolute atomic E-state index is 0.388. The maximum Gasteiger partial charge on any atom is 0.134 e. The zero-order valence-electron chi connectivity index (χ0n) is 4.02. The summed E-state index contributed by atoms with van der Waals surface area (Å²) in [5, 5.41) is 0. The first kappa shape index (κ1) is 5.16. The summed E-state index contributed by atoms with van der Waals surface area (Å²) in [4.78, 5) is 10.4. The fraction of sp³-hybridized carbons (Fsp3) is 0.600. The maximum absolute atomic E-state index is 10.4. The normalized spacial score (nSPS) is 22.6. The van der Waals surface area contributed by atoms with E-state index < -0.39 is 0 Å². The van der Waals surface area contributed by atoms with Crippen molar-refractivity contribution in [2.24, 2.45) is 0 Å². The lowest BCUT2D eigenvalue weighted by atomic mass is 10.2. The van der Waals surface area contributed by atoms with Crippen molar-refractivity contribution >= 4 is 17.5 Å². The van der Waals surface area contributed by atoms with Crippen LogP contribution >= 0.6 is 11.8 Å². The van der Waals surface area contributed by atoms with Crippen molar-refractivity contribution in [3.8, 4) is 0 Å². The molecule has 1 heterocycles. The van der Waals surface area contributed by atoms with Gasteiger partial charge in [-0.25, -0.2) is 0 Å². The third-order valence-electron chi connectivity index (χ3n) is 0.928. The van der Waals surface area contributed by atoms with Gasteiger partial charge in [0.25, 0.3) is 0 Å². The molecule has 2 heteroatoms. The standard InChI is InChI=1S/C5H7OS/c6-5-1-3-7-4-2-5/h3H,1-2,4H2. The number of carbonyl (C=O) groups is 1. The molecule has 0 aromatic heterocycles. The highest BCUT2D eigenvalue weighted by atomic mass is 32.2. The topological polar surface area (TPSA) is 17.1 Å². The molecule has 0 aromatic rings. The van der Waals surface area contributed by atoms with E-state index in [0.29, 0.717) is 12.2 Å². The summed E-state index contributed by atoms with van der Waals surface area (Å²) in [5.74, 6) is 3.36. The van der Waals surface area contributed by atoms with E-state index in [1.54, 1.807) is 11.8 Å². The number of rotatable bonds is 0. The molecule has 1 nitrogen and oxygen atoms in total. The molecule has 1 radical (unpaired) electrons. The Bertz CT molecular complexity index is 72.1. The fourth-order valence-corrected chi connectivity index (χ4v) is 1.33. The maximum atomic E-state index is 10.4. The van der Waals surface area contributed by atoms with Crippen LogP contribution in [-0.2, 0) is 4.79 Å². The van der Waals surface area contributed by atoms with Crippen LogP contribution < -0.4 is 0 Å². The molecule has 0 bridgehead atoms. The van der Waals surface area contributed by atoms with Crippen LogP contribution in [0.15, 0.2) is 0 Å². The Morgan fingerprint density at radius 3 is 2.86 bits per heavy atom. The van der Waals surface area contributed by atoms with E-state index in [-0.39, 0.29) is 0 Å². The largest absolute Gasteiger partial charge is 0.300 e. The van der Waals surface area contributed by atoms with Gasteiger partial charge in [-0.1, -0.05) is 0 Å². The van der Waals surface area contributed by atoms with Gasteiger partial charge in [-0.2, -0.15) is 11.8 Å². The van der Waals surface area contributed by atoms with E-state index in [0.717, 1.165) is 12.2 Å². The molecule has 0 aliphatic carbocycles. The Kier molecular flexibility index (Phi) is 1.74. The van der Waals surface area contributed by atoms with Gasteiger partial charge in [0, 0.05) is 24.3 Å². The molecule has 1 aliphatic heterocycles. The van der Waals surface area contributed by atoms with Crippen LogP contribution in [0.5, 0.6) is 0 Å². The van der Waals surface area contributed by atoms with Crippen LogP contribution in [0, 0.1) is 5.75 Å². The zero-order valence-corrected chi connectivity index (χ0v) is 4.83. The average Bonchev–Trinajstić information content (AvgIpc) is 1.69. The lowest BCUT2D eigenvalue weighted by Gasteiger charge is -2.04. The molecule has 1 aliphatic rings. The van der Waals surface area contributed by atoms with Crippen molar-refractivity contribution in [2.75, 3.05) is 5.75 Å². The quantitative estimate of drug-likeness (QED) is 0.472. The molecule has 39 valence electrons. The Balaban J connectivity index is 2.25. The van der Waals surface area contributed by atoms with Gasteiger partial charge in [-0.05, 0) is 0 Å². The lowest BCUT2D eigenvalue weighted by Crippen LogP contribution is -2.03. The predicted octanol–water partition coefficient (Wildman–Crippen LogP) is 1.24. The molecule has 1 rings (SSSR count). The first-order valence-electron chi connectivity index (χ1n) is 2.34. The molecule has 7 heavy (non-hydrogen) atoms. The number of hydrogen-bond acceptors (Lipinski definition) is 2. The first-order chi connectivity index (χ1) is 3.39. The summed E-state index contributed by atoms with van der Waals surface area (Å²) in [6, 6.07) is 0. The molecule has 0 saturated carbocycles. The van der Waals surface area contributed by atoms with Crippen LogP contribution in [0.25, 0.3) is 0 Å². The molecule has 0 spiro atoms. The number of carbonyl (C=O) groups excluding carboxylic acids is 1. The molecule has 0 amide bonds. The van der Waals surface area contributed by atoms with Crippen molar-refractivity contribution in [3.63, 3.8) is 0 Å². The smallest absolute Gasteiger partial charge is 0.134 e. The molecule has 1 fully saturated rings. The third-order valence-corrected chi connectivity index (χ3v) is 1.77. The zero-order chi connectivity index (χ0) is 5.11. The SMILES string of the molecule is O=C1C[CH]SCC1. The Hall–Kier alpha value is 0.0200. The highest BCUT2D eigenvalue weighted by molar-refractivity contribution is 8.01. The van der Waals surface area contributed by atoms with E-state index in [1.165, 1.54) is 0 Å². The van der Waals surface area contributed by atoms with Gasteiger partial charge in [0.05, 0.1) is 0 Å². The average molecular weight is 115 g/mol. The van der Waals surface area contributed by atoms with Crippen LogP contribution in [0.2, 0.25) is 0 Å². The Labute approximate surface area is 47.5 Å². The van der Waals surface area contributed by atoms with E-state index in [4.69, 9.17) is 0 Å². The van der Waals surface area contributed by atoms with Gasteiger partial charge in [0.15, 0.2) is 0 Å². The van der Waals surface area contributed by atoms with Crippen molar-refractivity contribution in [1.29, 1.82) is 0 Å². The van der Waals surface area contributed by atoms with Crippen LogP contribution in [0.4, 0.5) is 0 Å². The third kappa shape index (κ3) is 1.51. The van der Waals surface area contributed by atoms with Gasteiger partial charge < -0.3 is 0 Å². The number of hydrogen-bond donors (Lipinski definition) is 0. The summed E-state index contributed by atoms with van der Waals surface area (Å²) in [5.41, 5.74) is 0. The molecular formula is C5H7OS. The van der Waals surface area contributed by atoms with Crippen molar-refractivity contribution < 1.29 is 4.79 Å². The highest BCUT2D eigenvalue weighted by Gasteiger charge is 2.06. The second-order valence-electron chi connectivity index (χ2n) is 1.53.